The van der Waals surface area contributed by atoms with Gasteiger partial charge in [0.25, 0.3) is 5.91 Å². The number of piperidine rings is 1. The Balaban J connectivity index is 2.07. The van der Waals surface area contributed by atoms with Gasteiger partial charge < -0.3 is 10.0 Å². The molecule has 0 spiro atoms. The second kappa shape index (κ2) is 6.86. The van der Waals surface area contributed by atoms with Crippen molar-refractivity contribution in [2.45, 2.75) is 18.9 Å². The minimum absolute atomic E-state index is 0.185. The summed E-state index contributed by atoms with van der Waals surface area (Å²) in [4.78, 5) is 24.6. The summed E-state index contributed by atoms with van der Waals surface area (Å²) in [5, 5.41) is 8.82. The highest BCUT2D eigenvalue weighted by molar-refractivity contribution is 7.88. The molecule has 7 nitrogen and oxygen atoms in total. The number of carboxylic acids is 1. The number of carbonyl (C=O) groups excluding carboxylic acids is 1. The van der Waals surface area contributed by atoms with Crippen LogP contribution in [0.4, 0.5) is 4.39 Å². The fourth-order valence-corrected chi connectivity index (χ4v) is 3.45. The number of nitrogens with zero attached hydrogens (tertiary/aromatic N) is 2. The minimum atomic E-state index is -3.30. The lowest BCUT2D eigenvalue weighted by molar-refractivity contribution is 0.0671. The lowest BCUT2D eigenvalue weighted by Crippen LogP contribution is -2.47. The van der Waals surface area contributed by atoms with E-state index in [9.17, 15) is 22.4 Å². The number of carboxylic acid groups (broad SMARTS) is 1. The molecule has 1 N–H and O–H groups in total. The summed E-state index contributed by atoms with van der Waals surface area (Å²) in [5.41, 5.74) is -0.410. The van der Waals surface area contributed by atoms with Crippen LogP contribution in [0, 0.1) is 5.82 Å². The second-order valence-electron chi connectivity index (χ2n) is 5.80. The smallest absolute Gasteiger partial charge is 0.335 e. The first-order valence-corrected chi connectivity index (χ1v) is 9.21. The summed E-state index contributed by atoms with van der Waals surface area (Å²) in [7, 11) is -1.80. The van der Waals surface area contributed by atoms with Crippen LogP contribution in [0.15, 0.2) is 18.2 Å². The molecule has 132 valence electrons. The molecule has 0 unspecified atom stereocenters. The van der Waals surface area contributed by atoms with Gasteiger partial charge in [0.15, 0.2) is 0 Å². The molecule has 24 heavy (non-hydrogen) atoms. The molecule has 9 heteroatoms. The first kappa shape index (κ1) is 18.3. The monoisotopic (exact) mass is 358 g/mol. The zero-order valence-corrected chi connectivity index (χ0v) is 14.2. The van der Waals surface area contributed by atoms with Gasteiger partial charge in [-0.3, -0.25) is 4.79 Å². The van der Waals surface area contributed by atoms with Crippen LogP contribution in [-0.2, 0) is 10.0 Å². The number of amides is 1. The van der Waals surface area contributed by atoms with Gasteiger partial charge in [0.05, 0.1) is 17.4 Å². The van der Waals surface area contributed by atoms with Gasteiger partial charge in [0, 0.05) is 26.2 Å². The van der Waals surface area contributed by atoms with Gasteiger partial charge in [-0.2, -0.15) is 0 Å². The normalized spacial score (nSPS) is 16.4. The van der Waals surface area contributed by atoms with Crippen LogP contribution in [0.25, 0.3) is 0 Å². The van der Waals surface area contributed by atoms with Crippen molar-refractivity contribution in [2.75, 3.05) is 26.4 Å². The van der Waals surface area contributed by atoms with Crippen molar-refractivity contribution in [3.05, 3.63) is 35.1 Å². The lowest BCUT2D eigenvalue weighted by Gasteiger charge is -2.35. The molecule has 0 atom stereocenters. The molecule has 0 radical (unpaired) electrons. The van der Waals surface area contributed by atoms with E-state index in [1.807, 2.05) is 0 Å². The van der Waals surface area contributed by atoms with Crippen LogP contribution in [-0.4, -0.2) is 67.0 Å². The Morgan fingerprint density at radius 2 is 1.88 bits per heavy atom. The van der Waals surface area contributed by atoms with Crippen LogP contribution in [0.2, 0.25) is 0 Å². The van der Waals surface area contributed by atoms with Gasteiger partial charge >= 0.3 is 5.97 Å². The number of hydrogen-bond donors (Lipinski definition) is 1. The standard InChI is InChI=1S/C15H19FN2O5S/c1-17(24(2,22)23)11-5-7-18(8-6-11)14(19)12-4-3-10(15(20)21)9-13(12)16/h3-4,9,11H,5-8H2,1-2H3,(H,20,21). The molecule has 2 rings (SSSR count). The first-order valence-electron chi connectivity index (χ1n) is 7.36. The summed E-state index contributed by atoms with van der Waals surface area (Å²) >= 11 is 0. The highest BCUT2D eigenvalue weighted by Crippen LogP contribution is 2.20. The SMILES string of the molecule is CN(C1CCN(C(=O)c2ccc(C(=O)O)cc2F)CC1)S(C)(=O)=O. The molecule has 1 fully saturated rings. The van der Waals surface area contributed by atoms with E-state index in [4.69, 9.17) is 5.11 Å². The van der Waals surface area contributed by atoms with Crippen LogP contribution >= 0.6 is 0 Å². The van der Waals surface area contributed by atoms with Crippen LogP contribution in [0.3, 0.4) is 0 Å². The molecule has 1 amide bonds. The Morgan fingerprint density at radius 1 is 1.29 bits per heavy atom. The first-order chi connectivity index (χ1) is 11.1. The molecule has 1 aromatic rings. The molecule has 0 bridgehead atoms. The maximum Gasteiger partial charge on any atom is 0.335 e. The molecular formula is C15H19FN2O5S. The van der Waals surface area contributed by atoms with Gasteiger partial charge in [-0.25, -0.2) is 21.9 Å². The van der Waals surface area contributed by atoms with Crippen molar-refractivity contribution in [1.82, 2.24) is 9.21 Å². The highest BCUT2D eigenvalue weighted by Gasteiger charge is 2.30. The fraction of sp³-hybridized carbons (Fsp3) is 0.467. The Kier molecular flexibility index (Phi) is 5.24. The topological polar surface area (TPSA) is 95.0 Å². The van der Waals surface area contributed by atoms with Crippen molar-refractivity contribution >= 4 is 21.9 Å². The van der Waals surface area contributed by atoms with Gasteiger partial charge in [-0.15, -0.1) is 0 Å². The van der Waals surface area contributed by atoms with E-state index < -0.39 is 27.7 Å². The molecule has 0 aliphatic carbocycles. The quantitative estimate of drug-likeness (QED) is 0.867. The Hall–Kier alpha value is -2.00. The second-order valence-corrected chi connectivity index (χ2v) is 7.84. The molecule has 0 saturated carbocycles. The van der Waals surface area contributed by atoms with Crippen molar-refractivity contribution in [3.63, 3.8) is 0 Å². The molecule has 1 aliphatic heterocycles. The minimum Gasteiger partial charge on any atom is -0.478 e. The van der Waals surface area contributed by atoms with E-state index in [-0.39, 0.29) is 17.2 Å². The fourth-order valence-electron chi connectivity index (χ4n) is 2.70. The third kappa shape index (κ3) is 3.90. The number of carbonyl (C=O) groups is 2. The third-order valence-electron chi connectivity index (χ3n) is 4.24. The predicted molar refractivity (Wildman–Crippen MR) is 84.9 cm³/mol. The number of likely N-dealkylation sites (tertiary alicyclic amines) is 1. The number of rotatable bonds is 4. The zero-order valence-electron chi connectivity index (χ0n) is 13.4. The molecule has 1 aliphatic rings. The Labute approximate surface area is 139 Å². The van der Waals surface area contributed by atoms with Gasteiger partial charge in [-0.05, 0) is 31.0 Å². The van der Waals surface area contributed by atoms with E-state index in [0.29, 0.717) is 25.9 Å². The summed E-state index contributed by atoms with van der Waals surface area (Å²) in [6, 6.07) is 2.97. The van der Waals surface area contributed by atoms with E-state index in [2.05, 4.69) is 0 Å². The maximum atomic E-state index is 14.0. The Morgan fingerprint density at radius 3 is 2.33 bits per heavy atom. The summed E-state index contributed by atoms with van der Waals surface area (Å²) in [6.45, 7) is 0.618. The molecule has 1 heterocycles. The number of aromatic carboxylic acids is 1. The molecule has 0 aromatic heterocycles. The molecule has 1 saturated heterocycles. The average Bonchev–Trinajstić information content (AvgIpc) is 2.52. The van der Waals surface area contributed by atoms with E-state index >= 15 is 0 Å². The van der Waals surface area contributed by atoms with E-state index in [0.717, 1.165) is 18.4 Å². The van der Waals surface area contributed by atoms with Gasteiger partial charge in [-0.1, -0.05) is 0 Å². The molecular weight excluding hydrogens is 339 g/mol. The number of sulfonamides is 1. The van der Waals surface area contributed by atoms with Gasteiger partial charge in [0.2, 0.25) is 10.0 Å². The Bertz CT molecular complexity index is 757. The van der Waals surface area contributed by atoms with Crippen LogP contribution < -0.4 is 0 Å². The van der Waals surface area contributed by atoms with Crippen molar-refractivity contribution in [2.24, 2.45) is 0 Å². The van der Waals surface area contributed by atoms with Crippen LogP contribution in [0.1, 0.15) is 33.6 Å². The van der Waals surface area contributed by atoms with Gasteiger partial charge in [0.1, 0.15) is 5.82 Å². The third-order valence-corrected chi connectivity index (χ3v) is 5.58. The average molecular weight is 358 g/mol. The summed E-state index contributed by atoms with van der Waals surface area (Å²) < 4.78 is 38.4. The van der Waals surface area contributed by atoms with Crippen LogP contribution in [0.5, 0.6) is 0 Å². The summed E-state index contributed by atoms with van der Waals surface area (Å²) in [5.74, 6) is -2.67. The predicted octanol–water partition coefficient (Wildman–Crippen LogP) is 1.02. The van der Waals surface area contributed by atoms with Crippen molar-refractivity contribution < 1.29 is 27.5 Å². The van der Waals surface area contributed by atoms with E-state index in [1.54, 1.807) is 0 Å². The number of halogens is 1. The van der Waals surface area contributed by atoms with Crippen molar-refractivity contribution in [3.8, 4) is 0 Å². The lowest BCUT2D eigenvalue weighted by atomic mass is 10.0. The largest absolute Gasteiger partial charge is 0.478 e. The van der Waals surface area contributed by atoms with Crippen molar-refractivity contribution in [1.29, 1.82) is 0 Å². The maximum absolute atomic E-state index is 14.0. The highest BCUT2D eigenvalue weighted by atomic mass is 32.2. The van der Waals surface area contributed by atoms with E-state index in [1.165, 1.54) is 22.3 Å². The number of hydrogen-bond acceptors (Lipinski definition) is 4. The number of benzene rings is 1. The molecule has 1 aromatic carbocycles. The summed E-state index contributed by atoms with van der Waals surface area (Å²) in [6.07, 6.45) is 2.05. The zero-order chi connectivity index (χ0) is 18.1.